The number of hydrogen-bond donors (Lipinski definition) is 1. The number of aromatic nitrogens is 1. The Morgan fingerprint density at radius 1 is 1.22 bits per heavy atom. The molecule has 0 spiro atoms. The number of amides is 1. The molecule has 1 aromatic heterocycles. The SMILES string of the molecule is COc1ccc(Cl)cc1NC(=O)c1ocnc1-c1ccccc1. The highest BCUT2D eigenvalue weighted by molar-refractivity contribution is 6.31. The van der Waals surface area contributed by atoms with Gasteiger partial charge in [-0.15, -0.1) is 0 Å². The van der Waals surface area contributed by atoms with Crippen LogP contribution in [0.2, 0.25) is 5.02 Å². The van der Waals surface area contributed by atoms with E-state index in [9.17, 15) is 4.79 Å². The fourth-order valence-electron chi connectivity index (χ4n) is 2.17. The minimum Gasteiger partial charge on any atom is -0.495 e. The summed E-state index contributed by atoms with van der Waals surface area (Å²) in [7, 11) is 1.52. The van der Waals surface area contributed by atoms with E-state index in [0.717, 1.165) is 5.56 Å². The summed E-state index contributed by atoms with van der Waals surface area (Å²) in [6, 6.07) is 14.3. The van der Waals surface area contributed by atoms with Crippen LogP contribution in [0, 0.1) is 0 Å². The van der Waals surface area contributed by atoms with Crippen molar-refractivity contribution in [1.82, 2.24) is 4.98 Å². The number of nitrogens with zero attached hydrogens (tertiary/aromatic N) is 1. The van der Waals surface area contributed by atoms with Gasteiger partial charge >= 0.3 is 0 Å². The van der Waals surface area contributed by atoms with E-state index in [0.29, 0.717) is 22.2 Å². The number of methoxy groups -OCH3 is 1. The molecule has 0 radical (unpaired) electrons. The topological polar surface area (TPSA) is 64.4 Å². The molecule has 3 aromatic rings. The summed E-state index contributed by atoms with van der Waals surface area (Å²) >= 11 is 5.97. The lowest BCUT2D eigenvalue weighted by atomic mass is 10.1. The van der Waals surface area contributed by atoms with Crippen LogP contribution in [0.4, 0.5) is 5.69 Å². The maximum atomic E-state index is 12.5. The lowest BCUT2D eigenvalue weighted by molar-refractivity contribution is 0.0997. The van der Waals surface area contributed by atoms with Gasteiger partial charge in [-0.25, -0.2) is 4.98 Å². The molecule has 0 aliphatic heterocycles. The van der Waals surface area contributed by atoms with Crippen LogP contribution in [0.5, 0.6) is 5.75 Å². The largest absolute Gasteiger partial charge is 0.495 e. The van der Waals surface area contributed by atoms with Crippen molar-refractivity contribution in [2.45, 2.75) is 0 Å². The van der Waals surface area contributed by atoms with Crippen molar-refractivity contribution in [3.63, 3.8) is 0 Å². The Kier molecular flexibility index (Phi) is 4.30. The number of ether oxygens (including phenoxy) is 1. The van der Waals surface area contributed by atoms with E-state index in [2.05, 4.69) is 10.3 Å². The first-order chi connectivity index (χ1) is 11.2. The zero-order valence-electron chi connectivity index (χ0n) is 12.2. The van der Waals surface area contributed by atoms with Gasteiger partial charge in [0.2, 0.25) is 5.76 Å². The first-order valence-corrected chi connectivity index (χ1v) is 7.20. The van der Waals surface area contributed by atoms with Crippen molar-refractivity contribution in [1.29, 1.82) is 0 Å². The Morgan fingerprint density at radius 3 is 2.74 bits per heavy atom. The average Bonchev–Trinajstić information content (AvgIpc) is 3.05. The van der Waals surface area contributed by atoms with Gasteiger partial charge in [-0.05, 0) is 18.2 Å². The second-order valence-corrected chi connectivity index (χ2v) is 5.13. The molecule has 3 rings (SSSR count). The van der Waals surface area contributed by atoms with Crippen molar-refractivity contribution in [3.8, 4) is 17.0 Å². The van der Waals surface area contributed by atoms with E-state index in [1.54, 1.807) is 18.2 Å². The third-order valence-corrected chi connectivity index (χ3v) is 3.47. The van der Waals surface area contributed by atoms with Crippen molar-refractivity contribution < 1.29 is 13.9 Å². The monoisotopic (exact) mass is 328 g/mol. The van der Waals surface area contributed by atoms with Gasteiger partial charge < -0.3 is 14.5 Å². The Morgan fingerprint density at radius 2 is 2.00 bits per heavy atom. The molecule has 2 aromatic carbocycles. The van der Waals surface area contributed by atoms with Gasteiger partial charge in [-0.2, -0.15) is 0 Å². The normalized spacial score (nSPS) is 10.3. The van der Waals surface area contributed by atoms with Gasteiger partial charge in [0.25, 0.3) is 5.91 Å². The van der Waals surface area contributed by atoms with E-state index in [1.807, 2.05) is 30.3 Å². The molecule has 1 heterocycles. The molecular weight excluding hydrogens is 316 g/mol. The van der Waals surface area contributed by atoms with Crippen LogP contribution in [0.3, 0.4) is 0 Å². The second-order valence-electron chi connectivity index (χ2n) is 4.69. The molecule has 1 N–H and O–H groups in total. The van der Waals surface area contributed by atoms with Gasteiger partial charge in [0, 0.05) is 10.6 Å². The number of rotatable bonds is 4. The molecule has 0 aliphatic rings. The number of anilines is 1. The average molecular weight is 329 g/mol. The number of benzene rings is 2. The fourth-order valence-corrected chi connectivity index (χ4v) is 2.34. The van der Waals surface area contributed by atoms with E-state index >= 15 is 0 Å². The highest BCUT2D eigenvalue weighted by Gasteiger charge is 2.19. The minimum absolute atomic E-state index is 0.123. The number of halogens is 1. The van der Waals surface area contributed by atoms with Crippen LogP contribution in [-0.4, -0.2) is 18.0 Å². The molecule has 0 bridgehead atoms. The standard InChI is InChI=1S/C17H13ClN2O3/c1-22-14-8-7-12(18)9-13(14)20-17(21)16-15(19-10-23-16)11-5-3-2-4-6-11/h2-10H,1H3,(H,20,21). The molecule has 5 nitrogen and oxygen atoms in total. The van der Waals surface area contributed by atoms with Gasteiger partial charge in [0.1, 0.15) is 11.4 Å². The molecule has 23 heavy (non-hydrogen) atoms. The quantitative estimate of drug-likeness (QED) is 0.777. The van der Waals surface area contributed by atoms with Crippen LogP contribution < -0.4 is 10.1 Å². The smallest absolute Gasteiger partial charge is 0.293 e. The van der Waals surface area contributed by atoms with Crippen molar-refractivity contribution in [3.05, 3.63) is 65.7 Å². The Hall–Kier alpha value is -2.79. The number of nitrogens with one attached hydrogen (secondary N) is 1. The molecular formula is C17H13ClN2O3. The molecule has 0 unspecified atom stereocenters. The van der Waals surface area contributed by atoms with Crippen LogP contribution in [-0.2, 0) is 0 Å². The van der Waals surface area contributed by atoms with Gasteiger partial charge in [-0.1, -0.05) is 41.9 Å². The predicted molar refractivity (Wildman–Crippen MR) is 87.9 cm³/mol. The van der Waals surface area contributed by atoms with Crippen molar-refractivity contribution >= 4 is 23.2 Å². The summed E-state index contributed by atoms with van der Waals surface area (Å²) in [5.74, 6) is 0.198. The maximum absolute atomic E-state index is 12.5. The minimum atomic E-state index is -0.429. The van der Waals surface area contributed by atoms with Crippen LogP contribution in [0.25, 0.3) is 11.3 Å². The van der Waals surface area contributed by atoms with E-state index in [1.165, 1.54) is 13.5 Å². The van der Waals surface area contributed by atoms with Crippen LogP contribution >= 0.6 is 11.6 Å². The summed E-state index contributed by atoms with van der Waals surface area (Å²) in [6.45, 7) is 0. The molecule has 0 fully saturated rings. The summed E-state index contributed by atoms with van der Waals surface area (Å²) in [5, 5.41) is 3.22. The van der Waals surface area contributed by atoms with Gasteiger partial charge in [0.15, 0.2) is 6.39 Å². The van der Waals surface area contributed by atoms with Crippen molar-refractivity contribution in [2.24, 2.45) is 0 Å². The number of hydrogen-bond acceptors (Lipinski definition) is 4. The fraction of sp³-hybridized carbons (Fsp3) is 0.0588. The number of carbonyl (C=O) groups excluding carboxylic acids is 1. The lowest BCUT2D eigenvalue weighted by Crippen LogP contribution is -2.13. The van der Waals surface area contributed by atoms with Gasteiger partial charge in [0.05, 0.1) is 12.8 Å². The predicted octanol–water partition coefficient (Wildman–Crippen LogP) is 4.26. The Bertz CT molecular complexity index is 831. The summed E-state index contributed by atoms with van der Waals surface area (Å²) in [5.41, 5.74) is 1.73. The molecule has 1 amide bonds. The highest BCUT2D eigenvalue weighted by Crippen LogP contribution is 2.29. The first-order valence-electron chi connectivity index (χ1n) is 6.83. The zero-order valence-corrected chi connectivity index (χ0v) is 13.0. The third-order valence-electron chi connectivity index (χ3n) is 3.23. The molecule has 0 saturated heterocycles. The highest BCUT2D eigenvalue weighted by atomic mass is 35.5. The molecule has 6 heteroatoms. The van der Waals surface area contributed by atoms with E-state index in [-0.39, 0.29) is 5.76 Å². The number of carbonyl (C=O) groups is 1. The Balaban J connectivity index is 1.91. The van der Waals surface area contributed by atoms with Crippen molar-refractivity contribution in [2.75, 3.05) is 12.4 Å². The lowest BCUT2D eigenvalue weighted by Gasteiger charge is -2.10. The zero-order chi connectivity index (χ0) is 16.2. The molecule has 0 aliphatic carbocycles. The summed E-state index contributed by atoms with van der Waals surface area (Å²) < 4.78 is 10.5. The summed E-state index contributed by atoms with van der Waals surface area (Å²) in [6.07, 6.45) is 1.24. The second kappa shape index (κ2) is 6.54. The molecule has 0 saturated carbocycles. The van der Waals surface area contributed by atoms with Gasteiger partial charge in [-0.3, -0.25) is 4.79 Å². The van der Waals surface area contributed by atoms with E-state index < -0.39 is 5.91 Å². The maximum Gasteiger partial charge on any atom is 0.293 e. The molecule has 0 atom stereocenters. The van der Waals surface area contributed by atoms with E-state index in [4.69, 9.17) is 20.8 Å². The Labute approximate surface area is 137 Å². The number of oxazole rings is 1. The third kappa shape index (κ3) is 3.19. The summed E-state index contributed by atoms with van der Waals surface area (Å²) in [4.78, 5) is 16.6. The van der Waals surface area contributed by atoms with Crippen LogP contribution in [0.15, 0.2) is 59.3 Å². The van der Waals surface area contributed by atoms with Crippen LogP contribution in [0.1, 0.15) is 10.6 Å². The first kappa shape index (κ1) is 15.1. The molecule has 116 valence electrons.